The lowest BCUT2D eigenvalue weighted by Crippen LogP contribution is -2.04. The zero-order chi connectivity index (χ0) is 17.6. The number of anilines is 4. The summed E-state index contributed by atoms with van der Waals surface area (Å²) in [6, 6.07) is 13.9. The van der Waals surface area contributed by atoms with E-state index in [9.17, 15) is 0 Å². The maximum absolute atomic E-state index is 5.62. The predicted octanol–water partition coefficient (Wildman–Crippen LogP) is 4.37. The summed E-state index contributed by atoms with van der Waals surface area (Å²) < 4.78 is 5.62. The maximum Gasteiger partial charge on any atom is 0.249 e. The third-order valence-corrected chi connectivity index (χ3v) is 3.65. The van der Waals surface area contributed by atoms with Crippen molar-refractivity contribution in [2.24, 2.45) is 0 Å². The van der Waals surface area contributed by atoms with E-state index in [1.165, 1.54) is 5.56 Å². The van der Waals surface area contributed by atoms with E-state index in [2.05, 4.69) is 44.0 Å². The van der Waals surface area contributed by atoms with Crippen molar-refractivity contribution >= 4 is 23.1 Å². The monoisotopic (exact) mass is 335 g/mol. The Balaban J connectivity index is 1.81. The molecule has 2 N–H and O–H groups in total. The summed E-state index contributed by atoms with van der Waals surface area (Å²) in [6.07, 6.45) is 1.58. The number of para-hydroxylation sites is 2. The quantitative estimate of drug-likeness (QED) is 0.697. The van der Waals surface area contributed by atoms with Crippen molar-refractivity contribution < 1.29 is 4.74 Å². The van der Waals surface area contributed by atoms with Gasteiger partial charge in [0.05, 0.1) is 18.5 Å². The molecule has 0 atom stereocenters. The number of ether oxygens (including phenoxy) is 1. The second-order valence-electron chi connectivity index (χ2n) is 5.66. The molecule has 0 saturated carbocycles. The van der Waals surface area contributed by atoms with Crippen LogP contribution in [-0.2, 0) is 0 Å². The van der Waals surface area contributed by atoms with Crippen LogP contribution >= 0.6 is 0 Å². The summed E-state index contributed by atoms with van der Waals surface area (Å²) in [5, 5.41) is 14.5. The summed E-state index contributed by atoms with van der Waals surface area (Å²) in [7, 11) is 0. The summed E-state index contributed by atoms with van der Waals surface area (Å²) in [4.78, 5) is 4.48. The van der Waals surface area contributed by atoms with Crippen LogP contribution in [0.2, 0.25) is 0 Å². The number of aryl methyl sites for hydroxylation is 2. The highest BCUT2D eigenvalue weighted by Gasteiger charge is 2.07. The largest absolute Gasteiger partial charge is 0.492 e. The van der Waals surface area contributed by atoms with Gasteiger partial charge in [-0.2, -0.15) is 10.1 Å². The van der Waals surface area contributed by atoms with Crippen molar-refractivity contribution in [3.8, 4) is 5.75 Å². The zero-order valence-corrected chi connectivity index (χ0v) is 14.6. The molecule has 0 aliphatic rings. The van der Waals surface area contributed by atoms with Crippen molar-refractivity contribution in [1.29, 1.82) is 0 Å². The molecule has 1 heterocycles. The number of benzene rings is 2. The van der Waals surface area contributed by atoms with Crippen molar-refractivity contribution in [1.82, 2.24) is 15.2 Å². The Morgan fingerprint density at radius 2 is 1.84 bits per heavy atom. The van der Waals surface area contributed by atoms with E-state index >= 15 is 0 Å². The van der Waals surface area contributed by atoms with Crippen LogP contribution in [0.25, 0.3) is 0 Å². The highest BCUT2D eigenvalue weighted by molar-refractivity contribution is 5.65. The molecule has 1 aromatic heterocycles. The second kappa shape index (κ2) is 7.61. The Morgan fingerprint density at radius 1 is 1.00 bits per heavy atom. The highest BCUT2D eigenvalue weighted by atomic mass is 16.5. The molecule has 0 spiro atoms. The number of nitrogens with zero attached hydrogens (tertiary/aromatic N) is 3. The lowest BCUT2D eigenvalue weighted by Gasteiger charge is -2.12. The van der Waals surface area contributed by atoms with E-state index in [4.69, 9.17) is 4.74 Å². The SMILES string of the molecule is CCOc1ccccc1Nc1cnnc(Nc2cc(C)ccc2C)n1. The molecule has 0 unspecified atom stereocenters. The van der Waals surface area contributed by atoms with E-state index < -0.39 is 0 Å². The van der Waals surface area contributed by atoms with Gasteiger partial charge in [0.2, 0.25) is 5.95 Å². The van der Waals surface area contributed by atoms with Crippen LogP contribution < -0.4 is 15.4 Å². The van der Waals surface area contributed by atoms with Crippen LogP contribution in [0.5, 0.6) is 5.75 Å². The Kier molecular flexibility index (Phi) is 5.09. The van der Waals surface area contributed by atoms with E-state index in [0.717, 1.165) is 22.7 Å². The molecular formula is C19H21N5O. The molecule has 3 aromatic rings. The Hall–Kier alpha value is -3.15. The van der Waals surface area contributed by atoms with Crippen LogP contribution in [0, 0.1) is 13.8 Å². The van der Waals surface area contributed by atoms with Crippen molar-refractivity contribution in [2.45, 2.75) is 20.8 Å². The summed E-state index contributed by atoms with van der Waals surface area (Å²) >= 11 is 0. The molecule has 0 aliphatic heterocycles. The lowest BCUT2D eigenvalue weighted by molar-refractivity contribution is 0.342. The van der Waals surface area contributed by atoms with Gasteiger partial charge >= 0.3 is 0 Å². The summed E-state index contributed by atoms with van der Waals surface area (Å²) in [6.45, 7) is 6.64. The van der Waals surface area contributed by atoms with Gasteiger partial charge in [-0.3, -0.25) is 0 Å². The molecule has 25 heavy (non-hydrogen) atoms. The Bertz CT molecular complexity index is 866. The minimum absolute atomic E-state index is 0.438. The second-order valence-corrected chi connectivity index (χ2v) is 5.66. The van der Waals surface area contributed by atoms with Crippen molar-refractivity contribution in [3.63, 3.8) is 0 Å². The molecule has 3 rings (SSSR count). The van der Waals surface area contributed by atoms with Crippen LogP contribution in [-0.4, -0.2) is 21.8 Å². The van der Waals surface area contributed by atoms with Gasteiger partial charge in [-0.1, -0.05) is 24.3 Å². The molecule has 6 heteroatoms. The van der Waals surface area contributed by atoms with Crippen molar-refractivity contribution in [2.75, 3.05) is 17.2 Å². The van der Waals surface area contributed by atoms with Gasteiger partial charge in [0, 0.05) is 5.69 Å². The smallest absolute Gasteiger partial charge is 0.249 e. The number of aromatic nitrogens is 3. The first-order valence-corrected chi connectivity index (χ1v) is 8.18. The van der Waals surface area contributed by atoms with Crippen LogP contribution in [0.4, 0.5) is 23.1 Å². The summed E-state index contributed by atoms with van der Waals surface area (Å²) in [5.74, 6) is 1.80. The molecule has 6 nitrogen and oxygen atoms in total. The molecule has 2 aromatic carbocycles. The van der Waals surface area contributed by atoms with Gasteiger partial charge in [-0.15, -0.1) is 5.10 Å². The number of nitrogens with one attached hydrogen (secondary N) is 2. The van der Waals surface area contributed by atoms with E-state index in [0.29, 0.717) is 18.4 Å². The number of hydrogen-bond acceptors (Lipinski definition) is 6. The zero-order valence-electron chi connectivity index (χ0n) is 14.6. The molecular weight excluding hydrogens is 314 g/mol. The third-order valence-electron chi connectivity index (χ3n) is 3.65. The molecule has 0 radical (unpaired) electrons. The Labute approximate surface area is 147 Å². The molecule has 0 amide bonds. The van der Waals surface area contributed by atoms with Gasteiger partial charge in [0.25, 0.3) is 0 Å². The first kappa shape index (κ1) is 16.7. The van der Waals surface area contributed by atoms with Gasteiger partial charge in [-0.05, 0) is 50.1 Å². The van der Waals surface area contributed by atoms with Crippen molar-refractivity contribution in [3.05, 3.63) is 59.8 Å². The number of hydrogen-bond donors (Lipinski definition) is 2. The topological polar surface area (TPSA) is 72.0 Å². The molecule has 0 fully saturated rings. The van der Waals surface area contributed by atoms with Gasteiger partial charge in [0.1, 0.15) is 5.75 Å². The minimum atomic E-state index is 0.438. The predicted molar refractivity (Wildman–Crippen MR) is 99.9 cm³/mol. The van der Waals surface area contributed by atoms with Gasteiger partial charge < -0.3 is 15.4 Å². The summed E-state index contributed by atoms with van der Waals surface area (Å²) in [5.41, 5.74) is 4.09. The normalized spacial score (nSPS) is 10.4. The van der Waals surface area contributed by atoms with Crippen LogP contribution in [0.1, 0.15) is 18.1 Å². The van der Waals surface area contributed by atoms with Crippen LogP contribution in [0.15, 0.2) is 48.7 Å². The fraction of sp³-hybridized carbons (Fsp3) is 0.211. The number of rotatable bonds is 6. The standard InChI is InChI=1S/C19H21N5O/c1-4-25-17-8-6-5-7-15(17)21-18-12-20-24-19(23-18)22-16-11-13(2)9-10-14(16)3/h5-12H,4H2,1-3H3,(H2,21,22,23,24). The Morgan fingerprint density at radius 3 is 2.68 bits per heavy atom. The lowest BCUT2D eigenvalue weighted by atomic mass is 10.1. The molecule has 0 aliphatic carbocycles. The molecule has 0 saturated heterocycles. The maximum atomic E-state index is 5.62. The fourth-order valence-corrected chi connectivity index (χ4v) is 2.40. The first-order chi connectivity index (χ1) is 12.2. The van der Waals surface area contributed by atoms with E-state index in [1.807, 2.05) is 45.0 Å². The first-order valence-electron chi connectivity index (χ1n) is 8.18. The highest BCUT2D eigenvalue weighted by Crippen LogP contribution is 2.27. The average molecular weight is 335 g/mol. The molecule has 128 valence electrons. The molecule has 0 bridgehead atoms. The van der Waals surface area contributed by atoms with Gasteiger partial charge in [0.15, 0.2) is 5.82 Å². The van der Waals surface area contributed by atoms with Gasteiger partial charge in [-0.25, -0.2) is 0 Å². The van der Waals surface area contributed by atoms with E-state index in [1.54, 1.807) is 6.20 Å². The van der Waals surface area contributed by atoms with E-state index in [-0.39, 0.29) is 0 Å². The fourth-order valence-electron chi connectivity index (χ4n) is 2.40. The minimum Gasteiger partial charge on any atom is -0.492 e. The van der Waals surface area contributed by atoms with Crippen LogP contribution in [0.3, 0.4) is 0 Å². The average Bonchev–Trinajstić information content (AvgIpc) is 2.60. The third kappa shape index (κ3) is 4.23.